The van der Waals surface area contributed by atoms with Crippen LogP contribution in [0.3, 0.4) is 0 Å². The van der Waals surface area contributed by atoms with Crippen LogP contribution in [0.25, 0.3) is 11.5 Å². The number of benzene rings is 1. The minimum atomic E-state index is -0.476. The molecule has 0 fully saturated rings. The Morgan fingerprint density at radius 3 is 3.06 bits per heavy atom. The van der Waals surface area contributed by atoms with E-state index in [0.717, 1.165) is 0 Å². The highest BCUT2D eigenvalue weighted by Gasteiger charge is 2.12. The van der Waals surface area contributed by atoms with Gasteiger partial charge in [0.2, 0.25) is 5.89 Å². The van der Waals surface area contributed by atoms with Gasteiger partial charge in [-0.25, -0.2) is 0 Å². The average molecular weight is 261 g/mol. The molecule has 0 spiro atoms. The molecule has 1 heterocycles. The van der Waals surface area contributed by atoms with Crippen LogP contribution >= 0.6 is 11.8 Å². The lowest BCUT2D eigenvalue weighted by Crippen LogP contribution is -1.88. The lowest BCUT2D eigenvalue weighted by molar-refractivity contribution is -0.384. The Morgan fingerprint density at radius 1 is 1.50 bits per heavy atom. The molecule has 7 heteroatoms. The predicted molar refractivity (Wildman–Crippen MR) is 66.0 cm³/mol. The fourth-order valence-corrected chi connectivity index (χ4v) is 1.62. The van der Waals surface area contributed by atoms with Crippen molar-refractivity contribution in [1.29, 1.82) is 0 Å². The van der Waals surface area contributed by atoms with Gasteiger partial charge in [0.1, 0.15) is 0 Å². The lowest BCUT2D eigenvalue weighted by Gasteiger charge is -1.94. The summed E-state index contributed by atoms with van der Waals surface area (Å²) in [5.41, 5.74) is 3.04. The van der Waals surface area contributed by atoms with Crippen molar-refractivity contribution in [2.75, 3.05) is 0 Å². The van der Waals surface area contributed by atoms with Gasteiger partial charge in [-0.2, -0.15) is 0 Å². The molecule has 90 valence electrons. The highest BCUT2D eigenvalue weighted by Crippen LogP contribution is 2.25. The second-order valence-electron chi connectivity index (χ2n) is 3.12. The third-order valence-corrected chi connectivity index (χ3v) is 2.60. The Bertz CT molecular complexity index is 632. The van der Waals surface area contributed by atoms with Gasteiger partial charge in [0.05, 0.1) is 4.92 Å². The van der Waals surface area contributed by atoms with Gasteiger partial charge in [0.25, 0.3) is 10.9 Å². The first-order valence-electron chi connectivity index (χ1n) is 4.80. The smallest absolute Gasteiger partial charge is 0.281 e. The van der Waals surface area contributed by atoms with E-state index < -0.39 is 4.92 Å². The summed E-state index contributed by atoms with van der Waals surface area (Å²) < 4.78 is 5.33. The zero-order chi connectivity index (χ0) is 13.0. The molecule has 1 aromatic heterocycles. The van der Waals surface area contributed by atoms with E-state index in [-0.39, 0.29) is 11.6 Å². The molecule has 6 nitrogen and oxygen atoms in total. The molecule has 0 saturated heterocycles. The summed E-state index contributed by atoms with van der Waals surface area (Å²) >= 11 is 1.17. The van der Waals surface area contributed by atoms with Crippen LogP contribution in [0.2, 0.25) is 0 Å². The third kappa shape index (κ3) is 2.65. The molecule has 0 aliphatic heterocycles. The van der Waals surface area contributed by atoms with E-state index >= 15 is 0 Å². The van der Waals surface area contributed by atoms with E-state index in [1.807, 2.05) is 0 Å². The maximum Gasteiger partial charge on any atom is 0.281 e. The zero-order valence-electron chi connectivity index (χ0n) is 9.07. The fourth-order valence-electron chi connectivity index (χ4n) is 1.22. The first-order chi connectivity index (χ1) is 8.70. The summed E-state index contributed by atoms with van der Waals surface area (Å²) in [6.45, 7) is 3.41. The van der Waals surface area contributed by atoms with Crippen LogP contribution in [0.5, 0.6) is 0 Å². The van der Waals surface area contributed by atoms with Gasteiger partial charge >= 0.3 is 0 Å². The van der Waals surface area contributed by atoms with Crippen molar-refractivity contribution in [3.63, 3.8) is 0 Å². The van der Waals surface area contributed by atoms with Crippen molar-refractivity contribution in [3.8, 4) is 11.5 Å². The second kappa shape index (κ2) is 5.31. The highest BCUT2D eigenvalue weighted by molar-refractivity contribution is 8.01. The number of rotatable bonds is 4. The van der Waals surface area contributed by atoms with Gasteiger partial charge in [0.15, 0.2) is 0 Å². The van der Waals surface area contributed by atoms with Gasteiger partial charge in [0, 0.05) is 23.1 Å². The number of nitro benzene ring substituents is 1. The average Bonchev–Trinajstić information content (AvgIpc) is 2.85. The predicted octanol–water partition coefficient (Wildman–Crippen LogP) is 3.04. The number of hydrogen-bond donors (Lipinski definition) is 0. The standard InChI is InChI=1S/C11H7N3O3S/c1-2-6-18-11-13-12-10(17-11)8-4-3-5-9(7-8)14(15)16/h3-7H,1H2. The van der Waals surface area contributed by atoms with Crippen molar-refractivity contribution in [3.05, 3.63) is 52.1 Å². The SMILES string of the molecule is C=C=CSc1nnc(-c2cccc([N+](=O)[O-])c2)o1. The van der Waals surface area contributed by atoms with Crippen molar-refractivity contribution >= 4 is 17.4 Å². The molecule has 0 atom stereocenters. The Balaban J connectivity index is 2.30. The molecule has 2 aromatic rings. The Kier molecular flexibility index (Phi) is 3.57. The van der Waals surface area contributed by atoms with Gasteiger partial charge in [-0.05, 0) is 17.8 Å². The second-order valence-corrected chi connectivity index (χ2v) is 3.94. The molecule has 0 radical (unpaired) electrons. The monoisotopic (exact) mass is 261 g/mol. The summed E-state index contributed by atoms with van der Waals surface area (Å²) in [6.07, 6.45) is 0. The first kappa shape index (κ1) is 12.1. The molecular weight excluding hydrogens is 254 g/mol. The van der Waals surface area contributed by atoms with Crippen LogP contribution in [-0.4, -0.2) is 15.1 Å². The third-order valence-electron chi connectivity index (χ3n) is 1.95. The molecule has 0 aliphatic carbocycles. The van der Waals surface area contributed by atoms with E-state index in [1.165, 1.54) is 23.9 Å². The molecule has 0 saturated carbocycles. The molecule has 1 aromatic carbocycles. The fraction of sp³-hybridized carbons (Fsp3) is 0. The van der Waals surface area contributed by atoms with E-state index in [2.05, 4.69) is 22.5 Å². The highest BCUT2D eigenvalue weighted by atomic mass is 32.2. The number of non-ortho nitro benzene ring substituents is 1. The molecule has 0 N–H and O–H groups in total. The van der Waals surface area contributed by atoms with Crippen LogP contribution in [0, 0.1) is 10.1 Å². The summed E-state index contributed by atoms with van der Waals surface area (Å²) in [5.74, 6) is 0.235. The summed E-state index contributed by atoms with van der Waals surface area (Å²) in [5, 5.41) is 20.1. The van der Waals surface area contributed by atoms with Gasteiger partial charge in [-0.1, -0.05) is 12.6 Å². The van der Waals surface area contributed by atoms with Gasteiger partial charge < -0.3 is 4.42 Å². The minimum Gasteiger partial charge on any atom is -0.411 e. The Labute approximate surface area is 106 Å². The van der Waals surface area contributed by atoms with Crippen LogP contribution in [0.15, 0.2) is 51.6 Å². The van der Waals surface area contributed by atoms with Gasteiger partial charge in [-0.3, -0.25) is 10.1 Å². The Morgan fingerprint density at radius 2 is 2.33 bits per heavy atom. The van der Waals surface area contributed by atoms with E-state index in [1.54, 1.807) is 17.5 Å². The number of aromatic nitrogens is 2. The number of hydrogen-bond acceptors (Lipinski definition) is 6. The molecule has 0 aliphatic rings. The lowest BCUT2D eigenvalue weighted by atomic mass is 10.2. The topological polar surface area (TPSA) is 82.1 Å². The van der Waals surface area contributed by atoms with Crippen LogP contribution in [0.1, 0.15) is 0 Å². The largest absolute Gasteiger partial charge is 0.411 e. The molecule has 2 rings (SSSR count). The van der Waals surface area contributed by atoms with Crippen molar-refractivity contribution in [1.82, 2.24) is 10.2 Å². The zero-order valence-corrected chi connectivity index (χ0v) is 9.88. The Hall–Kier alpha value is -2.37. The van der Waals surface area contributed by atoms with Gasteiger partial charge in [-0.15, -0.1) is 15.9 Å². The summed E-state index contributed by atoms with van der Waals surface area (Å²) in [7, 11) is 0. The maximum atomic E-state index is 10.6. The van der Waals surface area contributed by atoms with Crippen LogP contribution < -0.4 is 0 Å². The number of nitro groups is 1. The molecule has 0 bridgehead atoms. The molecule has 18 heavy (non-hydrogen) atoms. The van der Waals surface area contributed by atoms with Crippen molar-refractivity contribution in [2.45, 2.75) is 5.22 Å². The quantitative estimate of drug-likeness (QED) is 0.364. The summed E-state index contributed by atoms with van der Waals surface area (Å²) in [6, 6.07) is 6.01. The molecule has 0 amide bonds. The number of nitrogens with zero attached hydrogens (tertiary/aromatic N) is 3. The maximum absolute atomic E-state index is 10.6. The molecular formula is C11H7N3O3S. The number of thioether (sulfide) groups is 1. The van der Waals surface area contributed by atoms with Crippen LogP contribution in [0.4, 0.5) is 5.69 Å². The van der Waals surface area contributed by atoms with Crippen molar-refractivity contribution < 1.29 is 9.34 Å². The van der Waals surface area contributed by atoms with Crippen molar-refractivity contribution in [2.24, 2.45) is 0 Å². The molecule has 0 unspecified atom stereocenters. The normalized spacial score (nSPS) is 9.78. The first-order valence-corrected chi connectivity index (χ1v) is 5.68. The van der Waals surface area contributed by atoms with E-state index in [0.29, 0.717) is 10.8 Å². The summed E-state index contributed by atoms with van der Waals surface area (Å²) in [4.78, 5) is 10.2. The minimum absolute atomic E-state index is 0.0223. The van der Waals surface area contributed by atoms with E-state index in [9.17, 15) is 10.1 Å². The van der Waals surface area contributed by atoms with Crippen LogP contribution in [-0.2, 0) is 0 Å². The van der Waals surface area contributed by atoms with E-state index in [4.69, 9.17) is 4.42 Å².